The van der Waals surface area contributed by atoms with E-state index in [4.69, 9.17) is 4.74 Å². The average molecular weight is 451 g/mol. The Morgan fingerprint density at radius 2 is 1.52 bits per heavy atom. The minimum absolute atomic E-state index is 0.0619. The van der Waals surface area contributed by atoms with Crippen molar-refractivity contribution in [1.82, 2.24) is 9.80 Å². The van der Waals surface area contributed by atoms with E-state index in [0.29, 0.717) is 5.92 Å². The van der Waals surface area contributed by atoms with Crippen LogP contribution in [0.15, 0.2) is 48.5 Å². The van der Waals surface area contributed by atoms with Crippen molar-refractivity contribution in [2.75, 3.05) is 62.7 Å². The number of morpholine rings is 1. The predicted molar refractivity (Wildman–Crippen MR) is 135 cm³/mol. The van der Waals surface area contributed by atoms with Gasteiger partial charge in [0.05, 0.1) is 19.3 Å². The van der Waals surface area contributed by atoms with Crippen LogP contribution >= 0.6 is 0 Å². The Kier molecular flexibility index (Phi) is 8.02. The zero-order chi connectivity index (χ0) is 23.2. The van der Waals surface area contributed by atoms with E-state index in [2.05, 4.69) is 70.3 Å². The number of carbonyl (C=O) groups is 1. The molecular weight excluding hydrogens is 412 g/mol. The van der Waals surface area contributed by atoms with Gasteiger partial charge in [-0.2, -0.15) is 0 Å². The second-order valence-corrected chi connectivity index (χ2v) is 9.52. The molecule has 2 fully saturated rings. The van der Waals surface area contributed by atoms with E-state index in [-0.39, 0.29) is 11.9 Å². The van der Waals surface area contributed by atoms with Gasteiger partial charge in [-0.15, -0.1) is 0 Å². The van der Waals surface area contributed by atoms with Crippen molar-refractivity contribution >= 4 is 17.3 Å². The molecule has 0 bridgehead atoms. The molecule has 0 aromatic heterocycles. The lowest BCUT2D eigenvalue weighted by Crippen LogP contribution is -2.52. The van der Waals surface area contributed by atoms with Gasteiger partial charge in [0.25, 0.3) is 0 Å². The molecule has 2 aliphatic heterocycles. The van der Waals surface area contributed by atoms with Crippen molar-refractivity contribution in [1.29, 1.82) is 0 Å². The van der Waals surface area contributed by atoms with Crippen LogP contribution in [-0.2, 0) is 16.1 Å². The van der Waals surface area contributed by atoms with Crippen LogP contribution in [0.2, 0.25) is 0 Å². The summed E-state index contributed by atoms with van der Waals surface area (Å²) in [6, 6.07) is 17.0. The second kappa shape index (κ2) is 11.1. The summed E-state index contributed by atoms with van der Waals surface area (Å²) >= 11 is 0. The molecule has 0 radical (unpaired) electrons. The third-order valence-corrected chi connectivity index (χ3v) is 6.90. The van der Waals surface area contributed by atoms with Gasteiger partial charge in [-0.05, 0) is 48.2 Å². The van der Waals surface area contributed by atoms with Crippen molar-refractivity contribution in [2.24, 2.45) is 0 Å². The normalized spacial score (nSPS) is 19.0. The molecule has 0 saturated carbocycles. The monoisotopic (exact) mass is 450 g/mol. The van der Waals surface area contributed by atoms with Gasteiger partial charge in [0.2, 0.25) is 5.91 Å². The highest BCUT2D eigenvalue weighted by Crippen LogP contribution is 2.20. The van der Waals surface area contributed by atoms with Crippen molar-refractivity contribution in [2.45, 2.75) is 39.3 Å². The first-order chi connectivity index (χ1) is 16.0. The molecule has 1 N–H and O–H groups in total. The lowest BCUT2D eigenvalue weighted by molar-refractivity contribution is -0.121. The summed E-state index contributed by atoms with van der Waals surface area (Å²) in [5, 5.41) is 3.10. The van der Waals surface area contributed by atoms with Crippen molar-refractivity contribution in [3.63, 3.8) is 0 Å². The Bertz CT molecular complexity index is 883. The topological polar surface area (TPSA) is 48.0 Å². The molecule has 6 nitrogen and oxygen atoms in total. The summed E-state index contributed by atoms with van der Waals surface area (Å²) in [6.45, 7) is 14.6. The molecule has 6 heteroatoms. The summed E-state index contributed by atoms with van der Waals surface area (Å²) in [4.78, 5) is 19.9. The number of hydrogen-bond acceptors (Lipinski definition) is 5. The molecule has 178 valence electrons. The van der Waals surface area contributed by atoms with E-state index in [1.54, 1.807) is 0 Å². The van der Waals surface area contributed by atoms with Crippen molar-refractivity contribution in [3.05, 3.63) is 59.7 Å². The minimum Gasteiger partial charge on any atom is -0.378 e. The van der Waals surface area contributed by atoms with Gasteiger partial charge in [0.1, 0.15) is 0 Å². The first-order valence-corrected chi connectivity index (χ1v) is 12.3. The fraction of sp³-hybridized carbons (Fsp3) is 0.519. The highest BCUT2D eigenvalue weighted by Gasteiger charge is 2.25. The molecule has 2 aromatic rings. The second-order valence-electron chi connectivity index (χ2n) is 9.52. The minimum atomic E-state index is -0.142. The molecule has 2 saturated heterocycles. The Morgan fingerprint density at radius 1 is 0.879 bits per heavy atom. The zero-order valence-electron chi connectivity index (χ0n) is 20.3. The van der Waals surface area contributed by atoms with Crippen LogP contribution in [0.25, 0.3) is 0 Å². The molecule has 2 aromatic carbocycles. The number of ether oxygens (including phenoxy) is 1. The molecule has 2 heterocycles. The average Bonchev–Trinajstić information content (AvgIpc) is 2.85. The number of piperazine rings is 1. The van der Waals surface area contributed by atoms with Gasteiger partial charge in [0.15, 0.2) is 0 Å². The van der Waals surface area contributed by atoms with Crippen molar-refractivity contribution < 1.29 is 9.53 Å². The van der Waals surface area contributed by atoms with Crippen LogP contribution < -0.4 is 10.2 Å². The third-order valence-electron chi connectivity index (χ3n) is 6.90. The number of benzene rings is 2. The molecule has 1 amide bonds. The first-order valence-electron chi connectivity index (χ1n) is 12.3. The standard InChI is InChI=1S/C27H38N4O2/c1-21(2)24-6-4-23(5-7-24)20-29-12-14-30(15-13-29)22(3)27(32)28-25-8-10-26(11-9-25)31-16-18-33-19-17-31/h4-11,21-22H,12-20H2,1-3H3,(H,28,32)/t22-/m0/s1. The maximum absolute atomic E-state index is 12.9. The van der Waals surface area contributed by atoms with E-state index >= 15 is 0 Å². The summed E-state index contributed by atoms with van der Waals surface area (Å²) < 4.78 is 5.42. The Morgan fingerprint density at radius 3 is 2.12 bits per heavy atom. The van der Waals surface area contributed by atoms with Gasteiger partial charge in [-0.3, -0.25) is 14.6 Å². The Hall–Kier alpha value is -2.41. The lowest BCUT2D eigenvalue weighted by Gasteiger charge is -2.37. The fourth-order valence-electron chi connectivity index (χ4n) is 4.56. The molecule has 2 aliphatic rings. The fourth-order valence-corrected chi connectivity index (χ4v) is 4.56. The summed E-state index contributed by atoms with van der Waals surface area (Å²) in [6.07, 6.45) is 0. The molecule has 33 heavy (non-hydrogen) atoms. The van der Waals surface area contributed by atoms with E-state index in [1.807, 2.05) is 19.1 Å². The largest absolute Gasteiger partial charge is 0.378 e. The van der Waals surface area contributed by atoms with Crippen molar-refractivity contribution in [3.8, 4) is 0 Å². The number of nitrogens with zero attached hydrogens (tertiary/aromatic N) is 3. The third kappa shape index (κ3) is 6.34. The summed E-state index contributed by atoms with van der Waals surface area (Å²) in [7, 11) is 0. The zero-order valence-corrected chi connectivity index (χ0v) is 20.3. The Balaban J connectivity index is 1.23. The van der Waals surface area contributed by atoms with Gasteiger partial charge < -0.3 is 15.0 Å². The van der Waals surface area contributed by atoms with Crippen LogP contribution in [0.3, 0.4) is 0 Å². The molecule has 0 spiro atoms. The molecular formula is C27H38N4O2. The predicted octanol–water partition coefficient (Wildman–Crippen LogP) is 3.79. The van der Waals surface area contributed by atoms with Crippen LogP contribution in [0.1, 0.15) is 37.8 Å². The van der Waals surface area contributed by atoms with E-state index in [0.717, 1.165) is 64.7 Å². The SMILES string of the molecule is CC(C)c1ccc(CN2CCN([C@@H](C)C(=O)Nc3ccc(N4CCOCC4)cc3)CC2)cc1. The summed E-state index contributed by atoms with van der Waals surface area (Å²) in [5.74, 6) is 0.629. The number of hydrogen-bond donors (Lipinski definition) is 1. The maximum Gasteiger partial charge on any atom is 0.241 e. The van der Waals surface area contributed by atoms with Crippen LogP contribution in [0.5, 0.6) is 0 Å². The summed E-state index contributed by atoms with van der Waals surface area (Å²) in [5.41, 5.74) is 4.78. The highest BCUT2D eigenvalue weighted by molar-refractivity contribution is 5.94. The lowest BCUT2D eigenvalue weighted by atomic mass is 10.0. The number of amides is 1. The molecule has 0 unspecified atom stereocenters. The molecule has 4 rings (SSSR count). The van der Waals surface area contributed by atoms with Gasteiger partial charge in [0, 0.05) is 57.2 Å². The molecule has 0 aliphatic carbocycles. The smallest absolute Gasteiger partial charge is 0.241 e. The van der Waals surface area contributed by atoms with Gasteiger partial charge in [-0.1, -0.05) is 38.1 Å². The highest BCUT2D eigenvalue weighted by atomic mass is 16.5. The van der Waals surface area contributed by atoms with Gasteiger partial charge >= 0.3 is 0 Å². The van der Waals surface area contributed by atoms with Crippen LogP contribution in [0, 0.1) is 0 Å². The first kappa shape index (κ1) is 23.7. The number of nitrogens with one attached hydrogen (secondary N) is 1. The number of rotatable bonds is 7. The van der Waals surface area contributed by atoms with Gasteiger partial charge in [-0.25, -0.2) is 0 Å². The number of carbonyl (C=O) groups excluding carboxylic acids is 1. The van der Waals surface area contributed by atoms with Crippen LogP contribution in [-0.4, -0.2) is 74.2 Å². The van der Waals surface area contributed by atoms with E-state index in [9.17, 15) is 4.79 Å². The number of anilines is 2. The Labute approximate surface area is 198 Å². The van der Waals surface area contributed by atoms with E-state index in [1.165, 1.54) is 16.8 Å². The quantitative estimate of drug-likeness (QED) is 0.696. The molecule has 1 atom stereocenters. The van der Waals surface area contributed by atoms with Crippen LogP contribution in [0.4, 0.5) is 11.4 Å². The van der Waals surface area contributed by atoms with E-state index < -0.39 is 0 Å². The maximum atomic E-state index is 12.9.